The summed E-state index contributed by atoms with van der Waals surface area (Å²) in [4.78, 5) is 19.8. The van der Waals surface area contributed by atoms with Gasteiger partial charge in [0, 0.05) is 6.92 Å². The van der Waals surface area contributed by atoms with Crippen molar-refractivity contribution in [2.75, 3.05) is 0 Å². The molecule has 0 bridgehead atoms. The minimum Gasteiger partial charge on any atom is -0.508 e. The van der Waals surface area contributed by atoms with Gasteiger partial charge in [-0.3, -0.25) is 4.79 Å². The molecule has 1 rings (SSSR count). The molecular weight excluding hydrogens is 219 g/mol. The van der Waals surface area contributed by atoms with Crippen LogP contribution >= 0.6 is 7.60 Å². The molecule has 0 heterocycles. The maximum absolute atomic E-state index is 11.3. The van der Waals surface area contributed by atoms with Gasteiger partial charge in [-0.25, -0.2) is 4.57 Å². The number of rotatable bonds is 3. The summed E-state index contributed by atoms with van der Waals surface area (Å²) in [5.41, 5.74) is 0.514. The fourth-order valence-corrected chi connectivity index (χ4v) is 2.20. The smallest absolute Gasteiger partial charge is 0.383 e. The van der Waals surface area contributed by atoms with Gasteiger partial charge in [0.05, 0.1) is 6.16 Å². The van der Waals surface area contributed by atoms with Crippen LogP contribution in [0.3, 0.4) is 0 Å². The lowest BCUT2D eigenvalue weighted by atomic mass is 10.2. The van der Waals surface area contributed by atoms with Gasteiger partial charge < -0.3 is 14.5 Å². The first-order valence-electron chi connectivity index (χ1n) is 4.19. The Morgan fingerprint density at radius 2 is 1.93 bits per heavy atom. The number of hydrogen-bond donors (Lipinski definition) is 2. The van der Waals surface area contributed by atoms with Crippen molar-refractivity contribution in [1.82, 2.24) is 0 Å². The predicted molar refractivity (Wildman–Crippen MR) is 53.4 cm³/mol. The van der Waals surface area contributed by atoms with E-state index in [1.54, 1.807) is 0 Å². The van der Waals surface area contributed by atoms with E-state index in [0.29, 0.717) is 5.56 Å². The highest BCUT2D eigenvalue weighted by atomic mass is 31.2. The Balaban J connectivity index is 2.73. The van der Waals surface area contributed by atoms with Crippen LogP contribution in [0, 0.1) is 0 Å². The average Bonchev–Trinajstić information content (AvgIpc) is 2.06. The molecule has 0 aliphatic rings. The standard InChI is InChI=1S/C9H11O5P/c1-7(10)14-15(12,13)6-8-2-4-9(11)5-3-8/h2-5,11H,6H2,1H3,(H,12,13). The van der Waals surface area contributed by atoms with E-state index in [2.05, 4.69) is 4.52 Å². The summed E-state index contributed by atoms with van der Waals surface area (Å²) in [7, 11) is -3.92. The first kappa shape index (κ1) is 11.8. The van der Waals surface area contributed by atoms with Gasteiger partial charge >= 0.3 is 13.6 Å². The predicted octanol–water partition coefficient (Wildman–Crippen LogP) is 1.64. The molecule has 1 aromatic carbocycles. The molecule has 82 valence electrons. The molecule has 5 nitrogen and oxygen atoms in total. The van der Waals surface area contributed by atoms with Gasteiger partial charge in [-0.15, -0.1) is 0 Å². The number of benzene rings is 1. The number of carbonyl (C=O) groups excluding carboxylic acids is 1. The molecule has 0 radical (unpaired) electrons. The van der Waals surface area contributed by atoms with E-state index < -0.39 is 13.6 Å². The Bertz CT molecular complexity index is 397. The van der Waals surface area contributed by atoms with Crippen molar-refractivity contribution in [1.29, 1.82) is 0 Å². The molecule has 0 saturated heterocycles. The molecule has 15 heavy (non-hydrogen) atoms. The van der Waals surface area contributed by atoms with Gasteiger partial charge in [0.1, 0.15) is 5.75 Å². The maximum Gasteiger partial charge on any atom is 0.383 e. The highest BCUT2D eigenvalue weighted by molar-refractivity contribution is 7.52. The van der Waals surface area contributed by atoms with Crippen LogP contribution in [0.15, 0.2) is 24.3 Å². The van der Waals surface area contributed by atoms with Crippen molar-refractivity contribution >= 4 is 13.6 Å². The monoisotopic (exact) mass is 230 g/mol. The molecule has 0 aliphatic heterocycles. The molecule has 0 aromatic heterocycles. The van der Waals surface area contributed by atoms with Crippen LogP contribution in [0.25, 0.3) is 0 Å². The summed E-state index contributed by atoms with van der Waals surface area (Å²) >= 11 is 0. The van der Waals surface area contributed by atoms with Crippen molar-refractivity contribution in [2.45, 2.75) is 13.1 Å². The highest BCUT2D eigenvalue weighted by Gasteiger charge is 2.22. The van der Waals surface area contributed by atoms with E-state index >= 15 is 0 Å². The quantitative estimate of drug-likeness (QED) is 0.771. The Kier molecular flexibility index (Phi) is 3.50. The summed E-state index contributed by atoms with van der Waals surface area (Å²) in [6.07, 6.45) is -0.257. The summed E-state index contributed by atoms with van der Waals surface area (Å²) in [6, 6.07) is 5.76. The first-order valence-corrected chi connectivity index (χ1v) is 5.95. The normalized spacial score (nSPS) is 14.3. The van der Waals surface area contributed by atoms with Crippen LogP contribution in [-0.2, 0) is 20.0 Å². The minimum atomic E-state index is -3.92. The molecule has 1 unspecified atom stereocenters. The molecule has 0 fully saturated rings. The van der Waals surface area contributed by atoms with Gasteiger partial charge in [-0.05, 0) is 17.7 Å². The maximum atomic E-state index is 11.3. The van der Waals surface area contributed by atoms with Crippen molar-refractivity contribution in [3.8, 4) is 5.75 Å². The fourth-order valence-electron chi connectivity index (χ4n) is 1.07. The van der Waals surface area contributed by atoms with Crippen molar-refractivity contribution in [3.05, 3.63) is 29.8 Å². The number of carbonyl (C=O) groups is 1. The van der Waals surface area contributed by atoms with E-state index in [0.717, 1.165) is 6.92 Å². The highest BCUT2D eigenvalue weighted by Crippen LogP contribution is 2.45. The topological polar surface area (TPSA) is 83.8 Å². The summed E-state index contributed by atoms with van der Waals surface area (Å²) in [5, 5.41) is 8.98. The molecule has 1 aromatic rings. The van der Waals surface area contributed by atoms with Gasteiger partial charge in [0.2, 0.25) is 0 Å². The zero-order chi connectivity index (χ0) is 11.5. The number of aromatic hydroxyl groups is 1. The largest absolute Gasteiger partial charge is 0.508 e. The summed E-state index contributed by atoms with van der Waals surface area (Å²) in [6.45, 7) is 1.07. The third kappa shape index (κ3) is 4.14. The lowest BCUT2D eigenvalue weighted by Gasteiger charge is -2.10. The van der Waals surface area contributed by atoms with Crippen LogP contribution in [0.1, 0.15) is 12.5 Å². The van der Waals surface area contributed by atoms with E-state index in [1.807, 2.05) is 0 Å². The van der Waals surface area contributed by atoms with Crippen LogP contribution in [0.2, 0.25) is 0 Å². The van der Waals surface area contributed by atoms with E-state index in [1.165, 1.54) is 24.3 Å². The van der Waals surface area contributed by atoms with Crippen LogP contribution in [-0.4, -0.2) is 16.0 Å². The van der Waals surface area contributed by atoms with E-state index in [9.17, 15) is 14.3 Å². The summed E-state index contributed by atoms with van der Waals surface area (Å²) in [5.74, 6) is -0.723. The molecule has 6 heteroatoms. The molecule has 0 aliphatic carbocycles. The number of hydrogen-bond acceptors (Lipinski definition) is 4. The van der Waals surface area contributed by atoms with Crippen LogP contribution in [0.5, 0.6) is 5.75 Å². The van der Waals surface area contributed by atoms with Crippen molar-refractivity contribution in [3.63, 3.8) is 0 Å². The first-order chi connectivity index (χ1) is 6.89. The summed E-state index contributed by atoms with van der Waals surface area (Å²) < 4.78 is 15.6. The second kappa shape index (κ2) is 4.47. The average molecular weight is 230 g/mol. The van der Waals surface area contributed by atoms with Crippen molar-refractivity contribution in [2.24, 2.45) is 0 Å². The van der Waals surface area contributed by atoms with Crippen molar-refractivity contribution < 1.29 is 23.9 Å². The Morgan fingerprint density at radius 1 is 1.40 bits per heavy atom. The zero-order valence-corrected chi connectivity index (χ0v) is 8.98. The second-order valence-electron chi connectivity index (χ2n) is 3.04. The second-order valence-corrected chi connectivity index (χ2v) is 4.82. The van der Waals surface area contributed by atoms with Crippen LogP contribution in [0.4, 0.5) is 0 Å². The fraction of sp³-hybridized carbons (Fsp3) is 0.222. The van der Waals surface area contributed by atoms with Gasteiger partial charge in [-0.1, -0.05) is 12.1 Å². The van der Waals surface area contributed by atoms with Crippen LogP contribution < -0.4 is 0 Å². The van der Waals surface area contributed by atoms with Gasteiger partial charge in [0.15, 0.2) is 0 Å². The lowest BCUT2D eigenvalue weighted by Crippen LogP contribution is -1.98. The Morgan fingerprint density at radius 3 is 2.40 bits per heavy atom. The van der Waals surface area contributed by atoms with Gasteiger partial charge in [0.25, 0.3) is 0 Å². The Hall–Kier alpha value is -1.32. The van der Waals surface area contributed by atoms with E-state index in [-0.39, 0.29) is 11.9 Å². The third-order valence-corrected chi connectivity index (χ3v) is 2.90. The zero-order valence-electron chi connectivity index (χ0n) is 8.08. The Labute approximate surface area is 86.9 Å². The minimum absolute atomic E-state index is 0.0685. The molecule has 2 N–H and O–H groups in total. The van der Waals surface area contributed by atoms with E-state index in [4.69, 9.17) is 5.11 Å². The number of phenols is 1. The SMILES string of the molecule is CC(=O)OP(=O)(O)Cc1ccc(O)cc1. The lowest BCUT2D eigenvalue weighted by molar-refractivity contribution is -0.132. The molecule has 1 atom stereocenters. The molecule has 0 spiro atoms. The molecule has 0 amide bonds. The number of phenolic OH excluding ortho intramolecular Hbond substituents is 1. The molecule has 0 saturated carbocycles. The molecular formula is C9H11O5P. The third-order valence-electron chi connectivity index (χ3n) is 1.59. The van der Waals surface area contributed by atoms with Gasteiger partial charge in [-0.2, -0.15) is 0 Å².